The molecule has 0 unspecified atom stereocenters. The SMILES string of the molecule is O=C1c2ccccc2C(=O)[C@]2(Cl)[C@@H](c3ccccc3)C[C@]12Cl. The van der Waals surface area contributed by atoms with Crippen molar-refractivity contribution in [1.82, 2.24) is 0 Å². The first-order valence-electron chi connectivity index (χ1n) is 7.11. The van der Waals surface area contributed by atoms with Crippen molar-refractivity contribution in [3.05, 3.63) is 71.3 Å². The zero-order valence-electron chi connectivity index (χ0n) is 11.6. The molecule has 4 heteroatoms. The van der Waals surface area contributed by atoms with Crippen molar-refractivity contribution in [3.8, 4) is 0 Å². The minimum atomic E-state index is -1.40. The second kappa shape index (κ2) is 4.43. The summed E-state index contributed by atoms with van der Waals surface area (Å²) in [5.74, 6) is -0.747. The van der Waals surface area contributed by atoms with Crippen molar-refractivity contribution in [2.45, 2.75) is 22.1 Å². The van der Waals surface area contributed by atoms with Gasteiger partial charge in [0.05, 0.1) is 0 Å². The molecule has 0 N–H and O–H groups in total. The number of hydrogen-bond acceptors (Lipinski definition) is 2. The predicted molar refractivity (Wildman–Crippen MR) is 86.1 cm³/mol. The van der Waals surface area contributed by atoms with E-state index < -0.39 is 9.75 Å². The van der Waals surface area contributed by atoms with Crippen LogP contribution in [0.3, 0.4) is 0 Å². The van der Waals surface area contributed by atoms with Crippen molar-refractivity contribution in [2.24, 2.45) is 0 Å². The molecule has 1 fully saturated rings. The molecule has 0 bridgehead atoms. The molecule has 0 spiro atoms. The Morgan fingerprint density at radius 3 is 2.00 bits per heavy atom. The Bertz CT molecular complexity index is 802. The van der Waals surface area contributed by atoms with Crippen LogP contribution in [0.2, 0.25) is 0 Å². The molecular formula is C18H12Cl2O2. The first-order chi connectivity index (χ1) is 10.5. The molecule has 110 valence electrons. The van der Waals surface area contributed by atoms with E-state index in [1.165, 1.54) is 0 Å². The minimum absolute atomic E-state index is 0.244. The Morgan fingerprint density at radius 1 is 0.818 bits per heavy atom. The Morgan fingerprint density at radius 2 is 1.36 bits per heavy atom. The number of carbonyl (C=O) groups is 2. The van der Waals surface area contributed by atoms with Gasteiger partial charge >= 0.3 is 0 Å². The molecule has 0 radical (unpaired) electrons. The lowest BCUT2D eigenvalue weighted by molar-refractivity contribution is 0.0630. The number of carbonyl (C=O) groups excluding carboxylic acids is 2. The standard InChI is InChI=1S/C18H12Cl2O2/c19-17-10-14(11-6-2-1-3-7-11)18(17,20)16(22)13-9-5-4-8-12(13)15(17)21/h1-9,14H,10H2/t14-,17+,18-/m1/s1. The van der Waals surface area contributed by atoms with Gasteiger partial charge in [-0.15, -0.1) is 23.2 Å². The van der Waals surface area contributed by atoms with Crippen LogP contribution in [-0.4, -0.2) is 21.3 Å². The van der Waals surface area contributed by atoms with Gasteiger partial charge in [-0.25, -0.2) is 0 Å². The summed E-state index contributed by atoms with van der Waals surface area (Å²) in [6, 6.07) is 16.3. The summed E-state index contributed by atoms with van der Waals surface area (Å²) in [6.07, 6.45) is 0.376. The number of rotatable bonds is 1. The fraction of sp³-hybridized carbons (Fsp3) is 0.222. The summed E-state index contributed by atoms with van der Waals surface area (Å²) in [5.41, 5.74) is 1.69. The maximum atomic E-state index is 13.0. The van der Waals surface area contributed by atoms with Crippen LogP contribution in [0.4, 0.5) is 0 Å². The molecule has 3 atom stereocenters. The lowest BCUT2D eigenvalue weighted by atomic mass is 9.53. The molecular weight excluding hydrogens is 319 g/mol. The molecule has 0 aromatic heterocycles. The van der Waals surface area contributed by atoms with Gasteiger partial charge < -0.3 is 0 Å². The van der Waals surface area contributed by atoms with Gasteiger partial charge in [-0.3, -0.25) is 9.59 Å². The molecule has 1 saturated carbocycles. The zero-order valence-corrected chi connectivity index (χ0v) is 13.1. The number of benzene rings is 2. The van der Waals surface area contributed by atoms with E-state index in [2.05, 4.69) is 0 Å². The van der Waals surface area contributed by atoms with Crippen LogP contribution < -0.4 is 0 Å². The fourth-order valence-electron chi connectivity index (χ4n) is 3.63. The van der Waals surface area contributed by atoms with Crippen molar-refractivity contribution in [3.63, 3.8) is 0 Å². The summed E-state index contributed by atoms with van der Waals surface area (Å²) < 4.78 is 0. The van der Waals surface area contributed by atoms with Crippen LogP contribution in [0.1, 0.15) is 38.6 Å². The average Bonchev–Trinajstić information content (AvgIpc) is 2.57. The summed E-state index contributed by atoms with van der Waals surface area (Å²) in [6.45, 7) is 0. The molecule has 2 aromatic carbocycles. The second-order valence-corrected chi connectivity index (χ2v) is 7.13. The Labute approximate surface area is 138 Å². The smallest absolute Gasteiger partial charge is 0.187 e. The first-order valence-corrected chi connectivity index (χ1v) is 7.87. The summed E-state index contributed by atoms with van der Waals surface area (Å²) in [5, 5.41) is 0. The number of ketones is 2. The molecule has 22 heavy (non-hydrogen) atoms. The van der Waals surface area contributed by atoms with Crippen molar-refractivity contribution < 1.29 is 9.59 Å². The minimum Gasteiger partial charge on any atom is -0.292 e. The van der Waals surface area contributed by atoms with E-state index in [9.17, 15) is 9.59 Å². The molecule has 2 aromatic rings. The zero-order chi connectivity index (χ0) is 15.5. The summed E-state index contributed by atoms with van der Waals surface area (Å²) in [7, 11) is 0. The lowest BCUT2D eigenvalue weighted by Crippen LogP contribution is -2.71. The van der Waals surface area contributed by atoms with Gasteiger partial charge in [0.2, 0.25) is 0 Å². The monoisotopic (exact) mass is 330 g/mol. The van der Waals surface area contributed by atoms with E-state index in [0.717, 1.165) is 5.56 Å². The topological polar surface area (TPSA) is 34.1 Å². The van der Waals surface area contributed by atoms with Gasteiger partial charge in [-0.2, -0.15) is 0 Å². The van der Waals surface area contributed by atoms with Gasteiger partial charge in [0.15, 0.2) is 11.6 Å². The summed E-state index contributed by atoms with van der Waals surface area (Å²) >= 11 is 13.3. The van der Waals surface area contributed by atoms with Crippen molar-refractivity contribution in [2.75, 3.05) is 0 Å². The molecule has 2 nitrogen and oxygen atoms in total. The maximum absolute atomic E-state index is 13.0. The van der Waals surface area contributed by atoms with Crippen LogP contribution in [0.15, 0.2) is 54.6 Å². The second-order valence-electron chi connectivity index (χ2n) is 5.88. The van der Waals surface area contributed by atoms with Crippen LogP contribution in [-0.2, 0) is 0 Å². The third kappa shape index (κ3) is 1.47. The van der Waals surface area contributed by atoms with E-state index in [1.54, 1.807) is 24.3 Å². The predicted octanol–water partition coefficient (Wildman–Crippen LogP) is 4.21. The highest BCUT2D eigenvalue weighted by molar-refractivity contribution is 6.56. The third-order valence-electron chi connectivity index (χ3n) is 4.85. The first kappa shape index (κ1) is 14.0. The highest BCUT2D eigenvalue weighted by Crippen LogP contribution is 2.65. The highest BCUT2D eigenvalue weighted by Gasteiger charge is 2.74. The number of hydrogen-bond donors (Lipinski definition) is 0. The van der Waals surface area contributed by atoms with Gasteiger partial charge in [-0.1, -0.05) is 54.6 Å². The molecule has 2 aliphatic carbocycles. The molecule has 0 aliphatic heterocycles. The fourth-order valence-corrected chi connectivity index (χ4v) is 4.57. The molecule has 0 heterocycles. The van der Waals surface area contributed by atoms with E-state index in [-0.39, 0.29) is 17.5 Å². The number of halogens is 2. The quantitative estimate of drug-likeness (QED) is 0.734. The number of alkyl halides is 2. The molecule has 0 saturated heterocycles. The largest absolute Gasteiger partial charge is 0.292 e. The van der Waals surface area contributed by atoms with Crippen LogP contribution >= 0.6 is 23.2 Å². The Kier molecular flexibility index (Phi) is 2.82. The van der Waals surface area contributed by atoms with Crippen LogP contribution in [0, 0.1) is 0 Å². The maximum Gasteiger partial charge on any atom is 0.187 e. The molecule has 2 aliphatic rings. The number of fused-ring (bicyclic) bond motifs is 2. The Balaban J connectivity index is 1.89. The average molecular weight is 331 g/mol. The van der Waals surface area contributed by atoms with Crippen molar-refractivity contribution in [1.29, 1.82) is 0 Å². The molecule has 0 amide bonds. The van der Waals surface area contributed by atoms with Crippen LogP contribution in [0.25, 0.3) is 0 Å². The van der Waals surface area contributed by atoms with E-state index >= 15 is 0 Å². The van der Waals surface area contributed by atoms with Crippen LogP contribution in [0.5, 0.6) is 0 Å². The summed E-state index contributed by atoms with van der Waals surface area (Å²) in [4.78, 5) is 23.0. The van der Waals surface area contributed by atoms with Crippen molar-refractivity contribution >= 4 is 34.8 Å². The third-order valence-corrected chi connectivity index (χ3v) is 6.33. The van der Waals surface area contributed by atoms with E-state index in [1.807, 2.05) is 30.3 Å². The van der Waals surface area contributed by atoms with Gasteiger partial charge in [0, 0.05) is 17.0 Å². The number of Topliss-reactive ketones (excluding diaryl/α,β-unsaturated/α-hetero) is 2. The Hall–Kier alpha value is -1.64. The van der Waals surface area contributed by atoms with Gasteiger partial charge in [-0.05, 0) is 12.0 Å². The normalized spacial score (nSPS) is 32.9. The highest BCUT2D eigenvalue weighted by atomic mass is 35.5. The van der Waals surface area contributed by atoms with E-state index in [0.29, 0.717) is 17.5 Å². The van der Waals surface area contributed by atoms with E-state index in [4.69, 9.17) is 23.2 Å². The lowest BCUT2D eigenvalue weighted by Gasteiger charge is -2.57. The molecule has 4 rings (SSSR count). The van der Waals surface area contributed by atoms with Gasteiger partial charge in [0.1, 0.15) is 9.75 Å². The van der Waals surface area contributed by atoms with Gasteiger partial charge in [0.25, 0.3) is 0 Å².